The molecule has 0 N–H and O–H groups in total. The first-order valence-electron chi connectivity index (χ1n) is 10.0. The summed E-state index contributed by atoms with van der Waals surface area (Å²) in [6, 6.07) is 10.1. The molecule has 4 rings (SSSR count). The maximum Gasteiger partial charge on any atom is 0.254 e. The van der Waals surface area contributed by atoms with Crippen LogP contribution in [-0.2, 0) is 16.4 Å². The van der Waals surface area contributed by atoms with Gasteiger partial charge in [0.1, 0.15) is 5.76 Å². The molecule has 0 aliphatic carbocycles. The van der Waals surface area contributed by atoms with E-state index in [0.29, 0.717) is 22.8 Å². The predicted molar refractivity (Wildman–Crippen MR) is 113 cm³/mol. The zero-order valence-electron chi connectivity index (χ0n) is 16.2. The highest BCUT2D eigenvalue weighted by Crippen LogP contribution is 2.27. The van der Waals surface area contributed by atoms with E-state index in [-0.39, 0.29) is 30.0 Å². The average molecular weight is 437 g/mol. The van der Waals surface area contributed by atoms with Crippen LogP contribution in [0.3, 0.4) is 0 Å². The Hall–Kier alpha value is -1.99. The molecule has 1 atom stereocenters. The van der Waals surface area contributed by atoms with E-state index in [1.807, 2.05) is 12.1 Å². The molecule has 0 bridgehead atoms. The second-order valence-corrected chi connectivity index (χ2v) is 10.4. The SMILES string of the molecule is O=C(c1ccc(Cl)cc1)N(Cc1ccc(N2CCCCC2)o1)C1CCS(=O)(=O)C1. The highest BCUT2D eigenvalue weighted by molar-refractivity contribution is 7.91. The summed E-state index contributed by atoms with van der Waals surface area (Å²) in [6.45, 7) is 2.19. The number of sulfone groups is 1. The summed E-state index contributed by atoms with van der Waals surface area (Å²) in [5.74, 6) is 1.38. The van der Waals surface area contributed by atoms with Crippen LogP contribution in [0, 0.1) is 0 Å². The van der Waals surface area contributed by atoms with Crippen molar-refractivity contribution in [3.8, 4) is 0 Å². The Labute approximate surface area is 176 Å². The zero-order valence-corrected chi connectivity index (χ0v) is 17.8. The molecule has 6 nitrogen and oxygen atoms in total. The molecule has 29 heavy (non-hydrogen) atoms. The Bertz CT molecular complexity index is 965. The molecule has 0 spiro atoms. The van der Waals surface area contributed by atoms with Gasteiger partial charge >= 0.3 is 0 Å². The van der Waals surface area contributed by atoms with E-state index in [2.05, 4.69) is 4.90 Å². The molecule has 1 aromatic carbocycles. The lowest BCUT2D eigenvalue weighted by Gasteiger charge is -2.28. The van der Waals surface area contributed by atoms with Crippen LogP contribution in [0.2, 0.25) is 5.02 Å². The fraction of sp³-hybridized carbons (Fsp3) is 0.476. The lowest BCUT2D eigenvalue weighted by atomic mass is 10.1. The van der Waals surface area contributed by atoms with Gasteiger partial charge in [0, 0.05) is 35.8 Å². The van der Waals surface area contributed by atoms with E-state index < -0.39 is 9.84 Å². The molecule has 2 aromatic rings. The van der Waals surface area contributed by atoms with Gasteiger partial charge in [-0.25, -0.2) is 8.42 Å². The van der Waals surface area contributed by atoms with Crippen LogP contribution < -0.4 is 4.90 Å². The highest BCUT2D eigenvalue weighted by atomic mass is 35.5. The van der Waals surface area contributed by atoms with Gasteiger partial charge in [-0.1, -0.05) is 11.6 Å². The lowest BCUT2D eigenvalue weighted by molar-refractivity contribution is 0.0666. The monoisotopic (exact) mass is 436 g/mol. The van der Waals surface area contributed by atoms with Crippen LogP contribution >= 0.6 is 11.6 Å². The first kappa shape index (κ1) is 20.3. The minimum atomic E-state index is -3.12. The Kier molecular flexibility index (Phi) is 5.88. The van der Waals surface area contributed by atoms with Crippen molar-refractivity contribution >= 4 is 33.2 Å². The van der Waals surface area contributed by atoms with Gasteiger partial charge in [-0.2, -0.15) is 0 Å². The van der Waals surface area contributed by atoms with Crippen LogP contribution in [0.4, 0.5) is 5.88 Å². The summed E-state index contributed by atoms with van der Waals surface area (Å²) in [6.07, 6.45) is 3.99. The molecule has 1 unspecified atom stereocenters. The molecule has 2 saturated heterocycles. The first-order valence-corrected chi connectivity index (χ1v) is 12.2. The highest BCUT2D eigenvalue weighted by Gasteiger charge is 2.35. The number of furan rings is 1. The van der Waals surface area contributed by atoms with E-state index in [1.165, 1.54) is 6.42 Å². The van der Waals surface area contributed by atoms with Crippen molar-refractivity contribution < 1.29 is 17.6 Å². The van der Waals surface area contributed by atoms with Gasteiger partial charge in [0.25, 0.3) is 5.91 Å². The summed E-state index contributed by atoms with van der Waals surface area (Å²) in [5.41, 5.74) is 0.488. The smallest absolute Gasteiger partial charge is 0.254 e. The van der Waals surface area contributed by atoms with Crippen LogP contribution in [0.25, 0.3) is 0 Å². The van der Waals surface area contributed by atoms with Crippen molar-refractivity contribution in [1.82, 2.24) is 4.90 Å². The molecule has 2 aliphatic heterocycles. The maximum absolute atomic E-state index is 13.2. The van der Waals surface area contributed by atoms with Gasteiger partial charge in [0.05, 0.1) is 18.1 Å². The van der Waals surface area contributed by atoms with Crippen molar-refractivity contribution in [2.75, 3.05) is 29.5 Å². The Morgan fingerprint density at radius 3 is 2.48 bits per heavy atom. The number of amides is 1. The number of hydrogen-bond acceptors (Lipinski definition) is 5. The Morgan fingerprint density at radius 2 is 1.83 bits per heavy atom. The van der Waals surface area contributed by atoms with Gasteiger partial charge in [-0.3, -0.25) is 4.79 Å². The number of nitrogens with zero attached hydrogens (tertiary/aromatic N) is 2. The summed E-state index contributed by atoms with van der Waals surface area (Å²) >= 11 is 5.94. The number of piperidine rings is 1. The van der Waals surface area contributed by atoms with Crippen LogP contribution in [0.15, 0.2) is 40.8 Å². The third-order valence-electron chi connectivity index (χ3n) is 5.64. The number of halogens is 1. The number of rotatable bonds is 5. The largest absolute Gasteiger partial charge is 0.444 e. The number of anilines is 1. The first-order chi connectivity index (χ1) is 13.9. The van der Waals surface area contributed by atoms with E-state index in [1.54, 1.807) is 29.2 Å². The molecule has 3 heterocycles. The minimum Gasteiger partial charge on any atom is -0.444 e. The zero-order chi connectivity index (χ0) is 20.4. The molecule has 0 saturated carbocycles. The third kappa shape index (κ3) is 4.78. The van der Waals surface area contributed by atoms with E-state index >= 15 is 0 Å². The van der Waals surface area contributed by atoms with Crippen molar-refractivity contribution in [3.63, 3.8) is 0 Å². The standard InChI is InChI=1S/C21H25ClN2O4S/c22-17-6-4-16(5-7-17)21(25)24(18-10-13-29(26,27)15-18)14-19-8-9-20(28-19)23-11-2-1-3-12-23/h4-9,18H,1-3,10-15H2. The van der Waals surface area contributed by atoms with Gasteiger partial charge in [0.15, 0.2) is 15.7 Å². The normalized spacial score (nSPS) is 21.3. The molecule has 2 aliphatic rings. The Balaban J connectivity index is 1.56. The van der Waals surface area contributed by atoms with E-state index in [0.717, 1.165) is 31.8 Å². The fourth-order valence-corrected chi connectivity index (χ4v) is 5.91. The number of carbonyl (C=O) groups is 1. The predicted octanol–water partition coefficient (Wildman–Crippen LogP) is 3.75. The third-order valence-corrected chi connectivity index (χ3v) is 7.64. The van der Waals surface area contributed by atoms with Crippen molar-refractivity contribution in [2.24, 2.45) is 0 Å². The van der Waals surface area contributed by atoms with Crippen LogP contribution in [-0.4, -0.2) is 49.9 Å². The lowest BCUT2D eigenvalue weighted by Crippen LogP contribution is -2.40. The average Bonchev–Trinajstić information content (AvgIpc) is 3.33. The fourth-order valence-electron chi connectivity index (χ4n) is 4.05. The summed E-state index contributed by atoms with van der Waals surface area (Å²) < 4.78 is 30.1. The van der Waals surface area contributed by atoms with Crippen LogP contribution in [0.1, 0.15) is 41.8 Å². The molecule has 1 aromatic heterocycles. The maximum atomic E-state index is 13.2. The number of carbonyl (C=O) groups excluding carboxylic acids is 1. The molecular formula is C21H25ClN2O4S. The van der Waals surface area contributed by atoms with E-state index in [4.69, 9.17) is 16.0 Å². The van der Waals surface area contributed by atoms with Crippen molar-refractivity contribution in [1.29, 1.82) is 0 Å². The molecular weight excluding hydrogens is 412 g/mol. The Morgan fingerprint density at radius 1 is 1.10 bits per heavy atom. The number of benzene rings is 1. The molecule has 8 heteroatoms. The van der Waals surface area contributed by atoms with Gasteiger partial charge in [0.2, 0.25) is 0 Å². The van der Waals surface area contributed by atoms with Gasteiger partial charge in [-0.05, 0) is 56.0 Å². The molecule has 1 amide bonds. The quantitative estimate of drug-likeness (QED) is 0.713. The van der Waals surface area contributed by atoms with Gasteiger partial charge < -0.3 is 14.2 Å². The summed E-state index contributed by atoms with van der Waals surface area (Å²) in [4.78, 5) is 17.1. The van der Waals surface area contributed by atoms with Crippen molar-refractivity contribution in [2.45, 2.75) is 38.3 Å². The number of hydrogen-bond donors (Lipinski definition) is 0. The van der Waals surface area contributed by atoms with Gasteiger partial charge in [-0.15, -0.1) is 0 Å². The van der Waals surface area contributed by atoms with E-state index in [9.17, 15) is 13.2 Å². The molecule has 0 radical (unpaired) electrons. The summed E-state index contributed by atoms with van der Waals surface area (Å²) in [7, 11) is -3.12. The topological polar surface area (TPSA) is 70.8 Å². The molecule has 156 valence electrons. The second-order valence-electron chi connectivity index (χ2n) is 7.78. The second kappa shape index (κ2) is 8.40. The van der Waals surface area contributed by atoms with Crippen molar-refractivity contribution in [3.05, 3.63) is 52.7 Å². The minimum absolute atomic E-state index is 0.00792. The summed E-state index contributed by atoms with van der Waals surface area (Å²) in [5, 5.41) is 0.550. The van der Waals surface area contributed by atoms with Crippen LogP contribution in [0.5, 0.6) is 0 Å². The molecule has 2 fully saturated rings.